The fourth-order valence-electron chi connectivity index (χ4n) is 3.01. The van der Waals surface area contributed by atoms with Crippen molar-refractivity contribution in [2.45, 2.75) is 32.9 Å². The van der Waals surface area contributed by atoms with Gasteiger partial charge in [-0.05, 0) is 36.5 Å². The molecule has 0 bridgehead atoms. The lowest BCUT2D eigenvalue weighted by Gasteiger charge is -2.25. The Morgan fingerprint density at radius 1 is 1.20 bits per heavy atom. The molecule has 0 saturated carbocycles. The molecule has 2 aromatic rings. The Bertz CT molecular complexity index is 726. The van der Waals surface area contributed by atoms with Crippen molar-refractivity contribution in [3.63, 3.8) is 0 Å². The minimum absolute atomic E-state index is 0.332. The van der Waals surface area contributed by atoms with Gasteiger partial charge < -0.3 is 10.6 Å². The lowest BCUT2D eigenvalue weighted by molar-refractivity contribution is 0.755. The van der Waals surface area contributed by atoms with E-state index < -0.39 is 0 Å². The van der Waals surface area contributed by atoms with E-state index in [0.29, 0.717) is 24.3 Å². The molecule has 20 heavy (non-hydrogen) atoms. The van der Waals surface area contributed by atoms with Crippen LogP contribution in [0.4, 0.5) is 5.69 Å². The fourth-order valence-corrected chi connectivity index (χ4v) is 3.01. The third kappa shape index (κ3) is 1.96. The highest BCUT2D eigenvalue weighted by Crippen LogP contribution is 2.24. The molecule has 0 spiro atoms. The van der Waals surface area contributed by atoms with Gasteiger partial charge >= 0.3 is 0 Å². The van der Waals surface area contributed by atoms with Gasteiger partial charge in [0.15, 0.2) is 0 Å². The molecule has 4 nitrogen and oxygen atoms in total. The highest BCUT2D eigenvalue weighted by atomic mass is 16.2. The van der Waals surface area contributed by atoms with Gasteiger partial charge in [-0.1, -0.05) is 18.2 Å². The largest absolute Gasteiger partial charge is 0.364 e. The third-order valence-electron chi connectivity index (χ3n) is 4.18. The predicted octanol–water partition coefficient (Wildman–Crippen LogP) is 1.00. The summed E-state index contributed by atoms with van der Waals surface area (Å²) in [4.78, 5) is 25.2. The second-order valence-electron chi connectivity index (χ2n) is 5.46. The quantitative estimate of drug-likeness (QED) is 0.827. The monoisotopic (exact) mass is 270 g/mol. The van der Waals surface area contributed by atoms with Crippen LogP contribution in [-0.4, -0.2) is 6.54 Å². The lowest BCUT2D eigenvalue weighted by Crippen LogP contribution is -2.42. The molecule has 0 unspecified atom stereocenters. The van der Waals surface area contributed by atoms with Gasteiger partial charge in [0.05, 0.1) is 5.69 Å². The summed E-state index contributed by atoms with van der Waals surface area (Å²) in [7, 11) is 0. The molecule has 3 rings (SSSR count). The van der Waals surface area contributed by atoms with E-state index in [9.17, 15) is 9.59 Å². The van der Waals surface area contributed by atoms with Crippen molar-refractivity contribution in [1.29, 1.82) is 0 Å². The number of hydrogen-bond acceptors (Lipinski definition) is 4. The average Bonchev–Trinajstić information content (AvgIpc) is 2.68. The zero-order valence-corrected chi connectivity index (χ0v) is 11.6. The normalized spacial score (nSPS) is 15.2. The van der Waals surface area contributed by atoms with Gasteiger partial charge in [-0.25, -0.2) is 0 Å². The van der Waals surface area contributed by atoms with Crippen LogP contribution in [0.25, 0.3) is 0 Å². The smallest absolute Gasteiger partial charge is 0.249 e. The average molecular weight is 270 g/mol. The first-order chi connectivity index (χ1) is 9.61. The van der Waals surface area contributed by atoms with Crippen LogP contribution in [0, 0.1) is 6.92 Å². The minimum atomic E-state index is -0.333. The maximum absolute atomic E-state index is 11.7. The number of aryl methyl sites for hydroxylation is 1. The van der Waals surface area contributed by atoms with Gasteiger partial charge in [0.2, 0.25) is 10.9 Å². The first kappa shape index (κ1) is 13.1. The van der Waals surface area contributed by atoms with Crippen LogP contribution < -0.4 is 21.5 Å². The van der Waals surface area contributed by atoms with Gasteiger partial charge in [0, 0.05) is 25.2 Å². The molecule has 1 aliphatic rings. The van der Waals surface area contributed by atoms with Crippen molar-refractivity contribution in [3.05, 3.63) is 60.9 Å². The standard InChI is InChI=1S/C16H18N2O2/c1-10-14(16(20)15(10)19)18-6-2-3-12-5-4-11(8-17)7-13(12)9-18/h4-5,7H,2-3,6,8-9,17H2,1H3. The molecule has 0 aliphatic carbocycles. The van der Waals surface area contributed by atoms with E-state index in [4.69, 9.17) is 5.73 Å². The van der Waals surface area contributed by atoms with Crippen molar-refractivity contribution in [2.24, 2.45) is 5.73 Å². The molecular weight excluding hydrogens is 252 g/mol. The SMILES string of the molecule is Cc1c(N2CCCc3ccc(CN)cc3C2)c(=O)c1=O. The van der Waals surface area contributed by atoms with Crippen LogP contribution in [0.1, 0.15) is 28.7 Å². The van der Waals surface area contributed by atoms with Crippen molar-refractivity contribution in [3.8, 4) is 0 Å². The summed E-state index contributed by atoms with van der Waals surface area (Å²) in [6.45, 7) is 3.76. The summed E-state index contributed by atoms with van der Waals surface area (Å²) in [5.74, 6) is 0. The molecule has 1 aliphatic heterocycles. The number of anilines is 1. The van der Waals surface area contributed by atoms with Crippen molar-refractivity contribution < 1.29 is 0 Å². The molecule has 0 saturated heterocycles. The Balaban J connectivity index is 1.97. The summed E-state index contributed by atoms with van der Waals surface area (Å²) >= 11 is 0. The van der Waals surface area contributed by atoms with E-state index >= 15 is 0 Å². The maximum atomic E-state index is 11.7. The minimum Gasteiger partial charge on any atom is -0.364 e. The van der Waals surface area contributed by atoms with E-state index in [1.807, 2.05) is 4.90 Å². The summed E-state index contributed by atoms with van der Waals surface area (Å²) in [5.41, 5.74) is 9.89. The Hall–Kier alpha value is -1.94. The summed E-state index contributed by atoms with van der Waals surface area (Å²) < 4.78 is 0. The van der Waals surface area contributed by atoms with Crippen LogP contribution in [0.2, 0.25) is 0 Å². The molecule has 0 fully saturated rings. The van der Waals surface area contributed by atoms with E-state index in [1.54, 1.807) is 6.92 Å². The molecule has 2 N–H and O–H groups in total. The van der Waals surface area contributed by atoms with Gasteiger partial charge in [-0.15, -0.1) is 0 Å². The molecule has 0 aromatic heterocycles. The van der Waals surface area contributed by atoms with Crippen LogP contribution in [0.3, 0.4) is 0 Å². The third-order valence-corrected chi connectivity index (χ3v) is 4.18. The van der Waals surface area contributed by atoms with Crippen LogP contribution in [-0.2, 0) is 19.5 Å². The van der Waals surface area contributed by atoms with Gasteiger partial charge in [-0.3, -0.25) is 9.59 Å². The molecule has 0 amide bonds. The summed E-state index contributed by atoms with van der Waals surface area (Å²) in [6.07, 6.45) is 2.00. The Kier molecular flexibility index (Phi) is 3.18. The Labute approximate surface area is 117 Å². The highest BCUT2D eigenvalue weighted by Gasteiger charge is 2.24. The van der Waals surface area contributed by atoms with E-state index in [1.165, 1.54) is 11.1 Å². The topological polar surface area (TPSA) is 63.4 Å². The van der Waals surface area contributed by atoms with Crippen molar-refractivity contribution in [2.75, 3.05) is 11.4 Å². The molecular formula is C16H18N2O2. The summed E-state index contributed by atoms with van der Waals surface area (Å²) in [5, 5.41) is 0. The number of fused-ring (bicyclic) bond motifs is 1. The first-order valence-electron chi connectivity index (χ1n) is 6.97. The van der Waals surface area contributed by atoms with Crippen LogP contribution in [0.15, 0.2) is 27.8 Å². The second-order valence-corrected chi connectivity index (χ2v) is 5.46. The van der Waals surface area contributed by atoms with Crippen molar-refractivity contribution >= 4 is 5.69 Å². The van der Waals surface area contributed by atoms with Gasteiger partial charge in [-0.2, -0.15) is 0 Å². The Morgan fingerprint density at radius 3 is 2.70 bits per heavy atom. The molecule has 1 heterocycles. The molecule has 2 aromatic carbocycles. The van der Waals surface area contributed by atoms with E-state index in [0.717, 1.165) is 24.9 Å². The molecule has 0 radical (unpaired) electrons. The fraction of sp³-hybridized carbons (Fsp3) is 0.375. The van der Waals surface area contributed by atoms with E-state index in [-0.39, 0.29) is 10.9 Å². The highest BCUT2D eigenvalue weighted by molar-refractivity contribution is 5.58. The number of nitrogens with zero attached hydrogens (tertiary/aromatic N) is 1. The molecule has 4 heteroatoms. The molecule has 0 atom stereocenters. The van der Waals surface area contributed by atoms with Crippen LogP contribution >= 0.6 is 0 Å². The number of rotatable bonds is 2. The molecule has 104 valence electrons. The maximum Gasteiger partial charge on any atom is 0.249 e. The number of hydrogen-bond donors (Lipinski definition) is 1. The Morgan fingerprint density at radius 2 is 2.00 bits per heavy atom. The van der Waals surface area contributed by atoms with Gasteiger partial charge in [0.1, 0.15) is 0 Å². The second kappa shape index (κ2) is 4.87. The summed E-state index contributed by atoms with van der Waals surface area (Å²) in [6, 6.07) is 6.32. The van der Waals surface area contributed by atoms with Gasteiger partial charge in [0.25, 0.3) is 0 Å². The number of benzene rings is 1. The lowest BCUT2D eigenvalue weighted by atomic mass is 10.0. The zero-order valence-electron chi connectivity index (χ0n) is 11.6. The zero-order chi connectivity index (χ0) is 14.3. The van der Waals surface area contributed by atoms with Crippen molar-refractivity contribution in [1.82, 2.24) is 0 Å². The predicted molar refractivity (Wildman–Crippen MR) is 79.8 cm³/mol. The first-order valence-corrected chi connectivity index (χ1v) is 6.97. The van der Waals surface area contributed by atoms with E-state index in [2.05, 4.69) is 18.2 Å². The van der Waals surface area contributed by atoms with Crippen LogP contribution in [0.5, 0.6) is 0 Å². The number of nitrogens with two attached hydrogens (primary N) is 1.